The van der Waals surface area contributed by atoms with Gasteiger partial charge >= 0.3 is 6.18 Å². The molecule has 0 spiro atoms. The number of H-pyrrole nitrogens is 1. The van der Waals surface area contributed by atoms with Crippen molar-refractivity contribution in [3.8, 4) is 0 Å². The second-order valence-electron chi connectivity index (χ2n) is 4.13. The highest BCUT2D eigenvalue weighted by Gasteiger charge is 2.30. The number of amides is 1. The Labute approximate surface area is 112 Å². The summed E-state index contributed by atoms with van der Waals surface area (Å²) in [6.45, 7) is 2.02. The third-order valence-electron chi connectivity index (χ3n) is 2.70. The van der Waals surface area contributed by atoms with Crippen LogP contribution < -0.4 is 5.32 Å². The van der Waals surface area contributed by atoms with Crippen molar-refractivity contribution >= 4 is 5.91 Å². The number of rotatable bonds is 3. The molecule has 20 heavy (non-hydrogen) atoms. The van der Waals surface area contributed by atoms with E-state index in [4.69, 9.17) is 0 Å². The monoisotopic (exact) mass is 284 g/mol. The zero-order valence-electron chi connectivity index (χ0n) is 10.5. The highest BCUT2D eigenvalue weighted by atomic mass is 19.4. The second kappa shape index (κ2) is 5.32. The van der Waals surface area contributed by atoms with Crippen molar-refractivity contribution in [3.63, 3.8) is 0 Å². The molecular weight excluding hydrogens is 273 g/mol. The highest BCUT2D eigenvalue weighted by Crippen LogP contribution is 2.28. The number of aryl methyl sites for hydroxylation is 1. The maximum atomic E-state index is 12.3. The topological polar surface area (TPSA) is 70.7 Å². The molecule has 2 aromatic rings. The summed E-state index contributed by atoms with van der Waals surface area (Å²) in [7, 11) is 0. The number of carbonyl (C=O) groups is 1. The van der Waals surface area contributed by atoms with E-state index < -0.39 is 17.6 Å². The lowest BCUT2D eigenvalue weighted by atomic mass is 10.2. The summed E-state index contributed by atoms with van der Waals surface area (Å²) in [6.07, 6.45) is -2.26. The van der Waals surface area contributed by atoms with E-state index in [-0.39, 0.29) is 12.2 Å². The van der Waals surface area contributed by atoms with Gasteiger partial charge in [-0.1, -0.05) is 0 Å². The average molecular weight is 284 g/mol. The van der Waals surface area contributed by atoms with Crippen molar-refractivity contribution < 1.29 is 18.0 Å². The number of pyridine rings is 1. The van der Waals surface area contributed by atoms with Crippen LogP contribution in [0.2, 0.25) is 0 Å². The van der Waals surface area contributed by atoms with Gasteiger partial charge in [0.2, 0.25) is 0 Å². The van der Waals surface area contributed by atoms with Crippen molar-refractivity contribution in [3.05, 3.63) is 47.0 Å². The number of aromatic amines is 1. The van der Waals surface area contributed by atoms with Crippen LogP contribution in [0.3, 0.4) is 0 Å². The minimum absolute atomic E-state index is 0.0702. The van der Waals surface area contributed by atoms with Gasteiger partial charge in [-0.3, -0.25) is 14.9 Å². The molecular formula is C12H11F3N4O. The van der Waals surface area contributed by atoms with Gasteiger partial charge in [0.05, 0.1) is 11.8 Å². The van der Waals surface area contributed by atoms with E-state index in [9.17, 15) is 18.0 Å². The van der Waals surface area contributed by atoms with Crippen molar-refractivity contribution in [2.45, 2.75) is 19.6 Å². The summed E-state index contributed by atoms with van der Waals surface area (Å²) < 4.78 is 37.0. The van der Waals surface area contributed by atoms with Gasteiger partial charge in [-0.15, -0.1) is 0 Å². The molecule has 2 rings (SSSR count). The fourth-order valence-corrected chi connectivity index (χ4v) is 1.52. The fourth-order valence-electron chi connectivity index (χ4n) is 1.52. The molecule has 0 aromatic carbocycles. The van der Waals surface area contributed by atoms with Crippen LogP contribution in [0.15, 0.2) is 24.5 Å². The third kappa shape index (κ3) is 3.14. The fraction of sp³-hybridized carbons (Fsp3) is 0.250. The van der Waals surface area contributed by atoms with Gasteiger partial charge in [-0.05, 0) is 19.1 Å². The quantitative estimate of drug-likeness (QED) is 0.906. The lowest BCUT2D eigenvalue weighted by Crippen LogP contribution is -2.24. The van der Waals surface area contributed by atoms with Crippen LogP contribution in [0.1, 0.15) is 27.3 Å². The van der Waals surface area contributed by atoms with Crippen LogP contribution in [0.4, 0.5) is 13.2 Å². The predicted octanol–water partition coefficient (Wildman–Crippen LogP) is 2.06. The lowest BCUT2D eigenvalue weighted by Gasteiger charge is -2.07. The molecule has 0 saturated heterocycles. The van der Waals surface area contributed by atoms with Crippen molar-refractivity contribution in [1.82, 2.24) is 20.5 Å². The van der Waals surface area contributed by atoms with Gasteiger partial charge in [0.25, 0.3) is 5.91 Å². The van der Waals surface area contributed by atoms with Crippen LogP contribution in [0.25, 0.3) is 0 Å². The van der Waals surface area contributed by atoms with E-state index in [2.05, 4.69) is 20.5 Å². The number of carbonyl (C=O) groups excluding carboxylic acids is 1. The van der Waals surface area contributed by atoms with Gasteiger partial charge in [0.1, 0.15) is 5.69 Å². The van der Waals surface area contributed by atoms with Gasteiger partial charge in [-0.25, -0.2) is 0 Å². The maximum absolute atomic E-state index is 12.3. The second-order valence-corrected chi connectivity index (χ2v) is 4.13. The molecule has 106 valence electrons. The summed E-state index contributed by atoms with van der Waals surface area (Å²) in [6, 6.07) is 1.87. The molecule has 5 nitrogen and oxygen atoms in total. The first-order valence-corrected chi connectivity index (χ1v) is 5.68. The number of alkyl halides is 3. The zero-order valence-corrected chi connectivity index (χ0v) is 10.5. The Balaban J connectivity index is 2.01. The molecule has 0 aliphatic rings. The number of hydrogen-bond acceptors (Lipinski definition) is 3. The third-order valence-corrected chi connectivity index (χ3v) is 2.70. The number of halogens is 3. The Hall–Kier alpha value is -2.38. The van der Waals surface area contributed by atoms with Gasteiger partial charge in [0, 0.05) is 24.0 Å². The van der Waals surface area contributed by atoms with E-state index in [1.54, 1.807) is 13.1 Å². The Morgan fingerprint density at radius 2 is 2.10 bits per heavy atom. The summed E-state index contributed by atoms with van der Waals surface area (Å²) >= 11 is 0. The number of nitrogens with zero attached hydrogens (tertiary/aromatic N) is 2. The first kappa shape index (κ1) is 14.0. The standard InChI is InChI=1S/C12H11F3N4O/c1-7-8(5-18-19-7)4-17-11(20)10-3-2-9(6-16-10)12(13,14)15/h2-3,5-6H,4H2,1H3,(H,17,20)(H,18,19). The van der Waals surface area contributed by atoms with E-state index in [0.717, 1.165) is 23.4 Å². The van der Waals surface area contributed by atoms with Crippen LogP contribution in [-0.4, -0.2) is 21.1 Å². The molecule has 0 fully saturated rings. The minimum atomic E-state index is -4.46. The number of nitrogens with one attached hydrogen (secondary N) is 2. The van der Waals surface area contributed by atoms with Crippen LogP contribution >= 0.6 is 0 Å². The van der Waals surface area contributed by atoms with E-state index in [0.29, 0.717) is 6.20 Å². The Morgan fingerprint density at radius 3 is 2.60 bits per heavy atom. The van der Waals surface area contributed by atoms with Crippen LogP contribution in [-0.2, 0) is 12.7 Å². The smallest absolute Gasteiger partial charge is 0.346 e. The minimum Gasteiger partial charge on any atom is -0.346 e. The Morgan fingerprint density at radius 1 is 1.35 bits per heavy atom. The molecule has 1 amide bonds. The molecule has 8 heteroatoms. The first-order valence-electron chi connectivity index (χ1n) is 5.68. The molecule has 0 saturated carbocycles. The lowest BCUT2D eigenvalue weighted by molar-refractivity contribution is -0.137. The maximum Gasteiger partial charge on any atom is 0.417 e. The van der Waals surface area contributed by atoms with Gasteiger partial charge < -0.3 is 5.32 Å². The zero-order chi connectivity index (χ0) is 14.8. The van der Waals surface area contributed by atoms with E-state index in [1.807, 2.05) is 0 Å². The summed E-state index contributed by atoms with van der Waals surface area (Å²) in [5.41, 5.74) is 0.648. The molecule has 0 bridgehead atoms. The summed E-state index contributed by atoms with van der Waals surface area (Å²) in [5.74, 6) is -0.542. The molecule has 0 radical (unpaired) electrons. The van der Waals surface area contributed by atoms with Crippen LogP contribution in [0, 0.1) is 6.92 Å². The van der Waals surface area contributed by atoms with Crippen molar-refractivity contribution in [2.75, 3.05) is 0 Å². The van der Waals surface area contributed by atoms with E-state index >= 15 is 0 Å². The predicted molar refractivity (Wildman–Crippen MR) is 63.7 cm³/mol. The highest BCUT2D eigenvalue weighted by molar-refractivity contribution is 5.92. The molecule has 2 aromatic heterocycles. The first-order chi connectivity index (χ1) is 9.38. The molecule has 0 aliphatic heterocycles. The summed E-state index contributed by atoms with van der Waals surface area (Å²) in [5, 5.41) is 9.07. The molecule has 2 N–H and O–H groups in total. The average Bonchev–Trinajstić information content (AvgIpc) is 2.81. The molecule has 0 aliphatic carbocycles. The van der Waals surface area contributed by atoms with Gasteiger partial charge in [0.15, 0.2) is 0 Å². The van der Waals surface area contributed by atoms with Crippen molar-refractivity contribution in [1.29, 1.82) is 0 Å². The van der Waals surface area contributed by atoms with Crippen LogP contribution in [0.5, 0.6) is 0 Å². The van der Waals surface area contributed by atoms with Crippen molar-refractivity contribution in [2.24, 2.45) is 0 Å². The summed E-state index contributed by atoms with van der Waals surface area (Å²) in [4.78, 5) is 15.2. The Kier molecular flexibility index (Phi) is 3.73. The van der Waals surface area contributed by atoms with E-state index in [1.165, 1.54) is 0 Å². The molecule has 0 unspecified atom stereocenters. The Bertz CT molecular complexity index is 604. The largest absolute Gasteiger partial charge is 0.417 e. The molecule has 2 heterocycles. The number of hydrogen-bond donors (Lipinski definition) is 2. The van der Waals surface area contributed by atoms with Gasteiger partial charge in [-0.2, -0.15) is 18.3 Å². The SMILES string of the molecule is Cc1[nH]ncc1CNC(=O)c1ccc(C(F)(F)F)cn1. The number of aromatic nitrogens is 3. The molecule has 0 atom stereocenters. The normalized spacial score (nSPS) is 11.4.